The molecule has 18 heavy (non-hydrogen) atoms. The molecule has 0 aliphatic heterocycles. The Morgan fingerprint density at radius 1 is 1.33 bits per heavy atom. The summed E-state index contributed by atoms with van der Waals surface area (Å²) in [6, 6.07) is 8.37. The second kappa shape index (κ2) is 8.08. The number of ether oxygens (including phenoxy) is 1. The van der Waals surface area contributed by atoms with E-state index in [0.29, 0.717) is 6.54 Å². The van der Waals surface area contributed by atoms with Gasteiger partial charge in [-0.15, -0.1) is 0 Å². The van der Waals surface area contributed by atoms with Crippen molar-refractivity contribution >= 4 is 5.69 Å². The van der Waals surface area contributed by atoms with Gasteiger partial charge in [0.2, 0.25) is 0 Å². The second-order valence-corrected chi connectivity index (χ2v) is 4.57. The number of nitrogens with one attached hydrogen (secondary N) is 1. The summed E-state index contributed by atoms with van der Waals surface area (Å²) in [5.74, 6) is 0. The number of hydrogen-bond acceptors (Lipinski definition) is 4. The summed E-state index contributed by atoms with van der Waals surface area (Å²) >= 11 is 0. The van der Waals surface area contributed by atoms with Gasteiger partial charge in [0.05, 0.1) is 12.7 Å². The van der Waals surface area contributed by atoms with Crippen LogP contribution in [0.15, 0.2) is 24.3 Å². The number of rotatable bonds is 8. The van der Waals surface area contributed by atoms with Crippen LogP contribution in [0.4, 0.5) is 5.69 Å². The third kappa shape index (κ3) is 5.49. The molecule has 1 atom stereocenters. The van der Waals surface area contributed by atoms with Crippen molar-refractivity contribution in [3.8, 4) is 0 Å². The Kier molecular flexibility index (Phi) is 6.72. The third-order valence-electron chi connectivity index (χ3n) is 2.73. The van der Waals surface area contributed by atoms with E-state index in [1.54, 1.807) is 14.0 Å². The zero-order valence-electron chi connectivity index (χ0n) is 11.5. The normalized spacial score (nSPS) is 12.4. The van der Waals surface area contributed by atoms with Gasteiger partial charge in [-0.25, -0.2) is 0 Å². The number of aliphatic hydroxyl groups excluding tert-OH is 1. The van der Waals surface area contributed by atoms with Gasteiger partial charge in [-0.05, 0) is 24.6 Å². The Morgan fingerprint density at radius 3 is 2.56 bits per heavy atom. The molecule has 1 aromatic carbocycles. The fraction of sp³-hybridized carbons (Fsp3) is 0.571. The molecule has 0 heterocycles. The number of anilines is 1. The molecule has 102 valence electrons. The molecule has 1 aromatic rings. The molecule has 0 aliphatic carbocycles. The van der Waals surface area contributed by atoms with Crippen LogP contribution in [0, 0.1) is 0 Å². The summed E-state index contributed by atoms with van der Waals surface area (Å²) in [5.41, 5.74) is 2.37. The SMILES string of the molecule is COCCNCc1ccc(N(C)CC(C)O)cc1. The van der Waals surface area contributed by atoms with E-state index < -0.39 is 0 Å². The zero-order chi connectivity index (χ0) is 13.4. The highest BCUT2D eigenvalue weighted by molar-refractivity contribution is 5.46. The Morgan fingerprint density at radius 2 is 2.00 bits per heavy atom. The van der Waals surface area contributed by atoms with Gasteiger partial charge in [0.15, 0.2) is 0 Å². The highest BCUT2D eigenvalue weighted by Crippen LogP contribution is 2.14. The lowest BCUT2D eigenvalue weighted by Gasteiger charge is -2.21. The van der Waals surface area contributed by atoms with Crippen molar-refractivity contribution in [1.29, 1.82) is 0 Å². The van der Waals surface area contributed by atoms with Crippen LogP contribution < -0.4 is 10.2 Å². The monoisotopic (exact) mass is 252 g/mol. The highest BCUT2D eigenvalue weighted by atomic mass is 16.5. The minimum absolute atomic E-state index is 0.314. The number of likely N-dealkylation sites (N-methyl/N-ethyl adjacent to an activating group) is 1. The molecule has 1 rings (SSSR count). The quantitative estimate of drug-likeness (QED) is 0.683. The van der Waals surface area contributed by atoms with Crippen molar-refractivity contribution in [2.75, 3.05) is 38.8 Å². The highest BCUT2D eigenvalue weighted by Gasteiger charge is 2.04. The molecule has 0 saturated heterocycles. The first-order valence-electron chi connectivity index (χ1n) is 6.31. The molecule has 4 nitrogen and oxygen atoms in total. The molecule has 0 fully saturated rings. The molecule has 2 N–H and O–H groups in total. The van der Waals surface area contributed by atoms with Crippen LogP contribution in [0.5, 0.6) is 0 Å². The van der Waals surface area contributed by atoms with Gasteiger partial charge in [-0.2, -0.15) is 0 Å². The number of aliphatic hydroxyl groups is 1. The molecule has 0 amide bonds. The van der Waals surface area contributed by atoms with E-state index in [2.05, 4.69) is 29.6 Å². The Hall–Kier alpha value is -1.10. The summed E-state index contributed by atoms with van der Waals surface area (Å²) in [5, 5.41) is 12.6. The first kappa shape index (κ1) is 15.0. The lowest BCUT2D eigenvalue weighted by molar-refractivity contribution is 0.199. The lowest BCUT2D eigenvalue weighted by Crippen LogP contribution is -2.26. The van der Waals surface area contributed by atoms with E-state index in [-0.39, 0.29) is 6.10 Å². The van der Waals surface area contributed by atoms with Gasteiger partial charge < -0.3 is 20.1 Å². The van der Waals surface area contributed by atoms with E-state index >= 15 is 0 Å². The molecule has 0 aliphatic rings. The largest absolute Gasteiger partial charge is 0.392 e. The van der Waals surface area contributed by atoms with Crippen molar-refractivity contribution in [1.82, 2.24) is 5.32 Å². The average molecular weight is 252 g/mol. The predicted octanol–water partition coefficient (Wildman–Crippen LogP) is 1.24. The number of methoxy groups -OCH3 is 1. The Balaban J connectivity index is 2.42. The topological polar surface area (TPSA) is 44.7 Å². The van der Waals surface area contributed by atoms with Crippen LogP contribution in [0.3, 0.4) is 0 Å². The Labute approximate surface area is 110 Å². The smallest absolute Gasteiger partial charge is 0.0686 e. The molecule has 0 radical (unpaired) electrons. The van der Waals surface area contributed by atoms with Gasteiger partial charge in [-0.3, -0.25) is 0 Å². The van der Waals surface area contributed by atoms with Crippen LogP contribution in [-0.2, 0) is 11.3 Å². The van der Waals surface area contributed by atoms with Crippen LogP contribution in [0.1, 0.15) is 12.5 Å². The minimum Gasteiger partial charge on any atom is -0.392 e. The molecule has 0 bridgehead atoms. The third-order valence-corrected chi connectivity index (χ3v) is 2.73. The van der Waals surface area contributed by atoms with E-state index in [0.717, 1.165) is 25.4 Å². The molecular formula is C14H24N2O2. The van der Waals surface area contributed by atoms with Crippen LogP contribution in [-0.4, -0.2) is 45.1 Å². The fourth-order valence-electron chi connectivity index (χ4n) is 1.78. The van der Waals surface area contributed by atoms with Crippen molar-refractivity contribution in [3.05, 3.63) is 29.8 Å². The molecule has 0 spiro atoms. The standard InChI is InChI=1S/C14H24N2O2/c1-12(17)11-16(2)14-6-4-13(5-7-14)10-15-8-9-18-3/h4-7,12,15,17H,8-11H2,1-3H3. The van der Waals surface area contributed by atoms with Crippen LogP contribution in [0.25, 0.3) is 0 Å². The zero-order valence-corrected chi connectivity index (χ0v) is 11.5. The van der Waals surface area contributed by atoms with Gasteiger partial charge in [0, 0.05) is 39.5 Å². The molecular weight excluding hydrogens is 228 g/mol. The number of benzene rings is 1. The van der Waals surface area contributed by atoms with Crippen molar-refractivity contribution in [3.63, 3.8) is 0 Å². The van der Waals surface area contributed by atoms with Crippen LogP contribution >= 0.6 is 0 Å². The van der Waals surface area contributed by atoms with Crippen LogP contribution in [0.2, 0.25) is 0 Å². The minimum atomic E-state index is -0.314. The van der Waals surface area contributed by atoms with Gasteiger partial charge >= 0.3 is 0 Å². The van der Waals surface area contributed by atoms with E-state index in [1.165, 1.54) is 5.56 Å². The maximum Gasteiger partial charge on any atom is 0.0686 e. The average Bonchev–Trinajstić information content (AvgIpc) is 2.34. The summed E-state index contributed by atoms with van der Waals surface area (Å²) in [4.78, 5) is 2.05. The maximum atomic E-state index is 9.34. The summed E-state index contributed by atoms with van der Waals surface area (Å²) in [7, 11) is 3.69. The summed E-state index contributed by atoms with van der Waals surface area (Å²) in [6.07, 6.45) is -0.314. The van der Waals surface area contributed by atoms with E-state index in [4.69, 9.17) is 4.74 Å². The maximum absolute atomic E-state index is 9.34. The first-order chi connectivity index (χ1) is 8.63. The van der Waals surface area contributed by atoms with Crippen molar-refractivity contribution < 1.29 is 9.84 Å². The van der Waals surface area contributed by atoms with Crippen molar-refractivity contribution in [2.45, 2.75) is 19.6 Å². The molecule has 0 aromatic heterocycles. The Bertz CT molecular complexity index is 325. The van der Waals surface area contributed by atoms with Gasteiger partial charge in [0.1, 0.15) is 0 Å². The van der Waals surface area contributed by atoms with E-state index in [9.17, 15) is 5.11 Å². The second-order valence-electron chi connectivity index (χ2n) is 4.57. The summed E-state index contributed by atoms with van der Waals surface area (Å²) < 4.78 is 4.97. The molecule has 1 unspecified atom stereocenters. The number of hydrogen-bond donors (Lipinski definition) is 2. The predicted molar refractivity (Wildman–Crippen MR) is 75.0 cm³/mol. The first-order valence-corrected chi connectivity index (χ1v) is 6.31. The molecule has 0 saturated carbocycles. The molecule has 4 heteroatoms. The fourth-order valence-corrected chi connectivity index (χ4v) is 1.78. The lowest BCUT2D eigenvalue weighted by atomic mass is 10.2. The van der Waals surface area contributed by atoms with Crippen molar-refractivity contribution in [2.24, 2.45) is 0 Å². The number of nitrogens with zero attached hydrogens (tertiary/aromatic N) is 1. The van der Waals surface area contributed by atoms with E-state index in [1.807, 2.05) is 11.9 Å². The van der Waals surface area contributed by atoms with Gasteiger partial charge in [-0.1, -0.05) is 12.1 Å². The summed E-state index contributed by atoms with van der Waals surface area (Å²) in [6.45, 7) is 4.88. The van der Waals surface area contributed by atoms with Gasteiger partial charge in [0.25, 0.3) is 0 Å².